The summed E-state index contributed by atoms with van der Waals surface area (Å²) >= 11 is 0. The molecule has 0 saturated heterocycles. The van der Waals surface area contributed by atoms with E-state index in [1.54, 1.807) is 6.07 Å². The Morgan fingerprint density at radius 1 is 1.45 bits per heavy atom. The van der Waals surface area contributed by atoms with Crippen LogP contribution in [-0.2, 0) is 0 Å². The van der Waals surface area contributed by atoms with E-state index in [9.17, 15) is 4.39 Å². The van der Waals surface area contributed by atoms with Gasteiger partial charge in [-0.05, 0) is 24.5 Å². The van der Waals surface area contributed by atoms with E-state index in [0.29, 0.717) is 5.92 Å². The van der Waals surface area contributed by atoms with E-state index < -0.39 is 0 Å². The highest BCUT2D eigenvalue weighted by Crippen LogP contribution is 2.17. The Kier molecular flexibility index (Phi) is 2.22. The van der Waals surface area contributed by atoms with Crippen molar-refractivity contribution in [2.75, 3.05) is 0 Å². The third kappa shape index (κ3) is 1.76. The van der Waals surface area contributed by atoms with Crippen molar-refractivity contribution in [2.45, 2.75) is 26.7 Å². The van der Waals surface area contributed by atoms with Crippen LogP contribution in [-0.4, -0.2) is 4.98 Å². The molecule has 0 N–H and O–H groups in total. The molecule has 1 rings (SSSR count). The maximum absolute atomic E-state index is 12.6. The van der Waals surface area contributed by atoms with Crippen LogP contribution in [0.1, 0.15) is 31.0 Å². The number of hydrogen-bond acceptors (Lipinski definition) is 1. The van der Waals surface area contributed by atoms with Crippen LogP contribution < -0.4 is 0 Å². The molecule has 0 spiro atoms. The van der Waals surface area contributed by atoms with E-state index >= 15 is 0 Å². The zero-order valence-electron chi connectivity index (χ0n) is 7.06. The van der Waals surface area contributed by atoms with E-state index in [2.05, 4.69) is 4.98 Å². The first-order valence-corrected chi connectivity index (χ1v) is 3.73. The van der Waals surface area contributed by atoms with Gasteiger partial charge in [0, 0.05) is 5.69 Å². The summed E-state index contributed by atoms with van der Waals surface area (Å²) in [7, 11) is 0. The number of rotatable bonds is 1. The van der Waals surface area contributed by atoms with Crippen LogP contribution in [0.4, 0.5) is 4.39 Å². The van der Waals surface area contributed by atoms with Gasteiger partial charge in [-0.25, -0.2) is 4.39 Å². The molecule has 2 heteroatoms. The van der Waals surface area contributed by atoms with E-state index in [0.717, 1.165) is 11.3 Å². The minimum Gasteiger partial charge on any atom is -0.258 e. The molecular formula is C9H12FN. The Morgan fingerprint density at radius 2 is 2.09 bits per heavy atom. The summed E-state index contributed by atoms with van der Waals surface area (Å²) in [5, 5.41) is 0. The van der Waals surface area contributed by atoms with E-state index in [1.807, 2.05) is 20.8 Å². The fourth-order valence-electron chi connectivity index (χ4n) is 1.11. The minimum atomic E-state index is -0.251. The first-order chi connectivity index (χ1) is 5.11. The second-order valence-electron chi connectivity index (χ2n) is 2.98. The Morgan fingerprint density at radius 3 is 2.55 bits per heavy atom. The van der Waals surface area contributed by atoms with Crippen LogP contribution in [0.3, 0.4) is 0 Å². The molecule has 0 amide bonds. The second kappa shape index (κ2) is 2.99. The molecular weight excluding hydrogens is 141 g/mol. The largest absolute Gasteiger partial charge is 0.258 e. The van der Waals surface area contributed by atoms with Gasteiger partial charge in [0.25, 0.3) is 0 Å². The van der Waals surface area contributed by atoms with Gasteiger partial charge in [0.15, 0.2) is 0 Å². The lowest BCUT2D eigenvalue weighted by atomic mass is 10.0. The van der Waals surface area contributed by atoms with Gasteiger partial charge in [-0.2, -0.15) is 0 Å². The van der Waals surface area contributed by atoms with Crippen molar-refractivity contribution in [1.82, 2.24) is 4.98 Å². The monoisotopic (exact) mass is 153 g/mol. The van der Waals surface area contributed by atoms with Gasteiger partial charge >= 0.3 is 0 Å². The molecule has 1 aromatic rings. The molecule has 0 aliphatic heterocycles. The highest BCUT2D eigenvalue weighted by Gasteiger charge is 2.04. The lowest BCUT2D eigenvalue weighted by Crippen LogP contribution is -1.95. The molecule has 0 saturated carbocycles. The Hall–Kier alpha value is -0.920. The summed E-state index contributed by atoms with van der Waals surface area (Å²) in [6.07, 6.45) is 1.25. The third-order valence-corrected chi connectivity index (χ3v) is 1.71. The molecule has 1 nitrogen and oxygen atoms in total. The molecule has 0 aliphatic rings. The minimum absolute atomic E-state index is 0.251. The van der Waals surface area contributed by atoms with Gasteiger partial charge < -0.3 is 0 Å². The molecule has 60 valence electrons. The van der Waals surface area contributed by atoms with Crippen molar-refractivity contribution in [3.05, 3.63) is 29.3 Å². The van der Waals surface area contributed by atoms with Gasteiger partial charge in [0.2, 0.25) is 0 Å². The fraction of sp³-hybridized carbons (Fsp3) is 0.444. The van der Waals surface area contributed by atoms with E-state index in [-0.39, 0.29) is 5.82 Å². The molecule has 0 radical (unpaired) electrons. The fourth-order valence-corrected chi connectivity index (χ4v) is 1.11. The van der Waals surface area contributed by atoms with Gasteiger partial charge in [-0.1, -0.05) is 13.8 Å². The predicted octanol–water partition coefficient (Wildman–Crippen LogP) is 2.65. The van der Waals surface area contributed by atoms with Crippen molar-refractivity contribution in [2.24, 2.45) is 0 Å². The molecule has 0 unspecified atom stereocenters. The Balaban J connectivity index is 3.13. The van der Waals surface area contributed by atoms with Gasteiger partial charge in [0.05, 0.1) is 6.20 Å². The highest BCUT2D eigenvalue weighted by molar-refractivity contribution is 5.22. The summed E-state index contributed by atoms with van der Waals surface area (Å²) in [6, 6.07) is 1.55. The second-order valence-corrected chi connectivity index (χ2v) is 2.98. The molecule has 1 aromatic heterocycles. The lowest BCUT2D eigenvalue weighted by molar-refractivity contribution is 0.614. The number of nitrogens with zero attached hydrogens (tertiary/aromatic N) is 1. The first-order valence-electron chi connectivity index (χ1n) is 3.73. The van der Waals surface area contributed by atoms with E-state index in [1.165, 1.54) is 6.20 Å². The van der Waals surface area contributed by atoms with Crippen molar-refractivity contribution in [3.8, 4) is 0 Å². The topological polar surface area (TPSA) is 12.9 Å². The normalized spacial score (nSPS) is 10.6. The molecule has 0 aliphatic carbocycles. The maximum atomic E-state index is 12.6. The SMILES string of the molecule is Cc1ncc(F)cc1C(C)C. The van der Waals surface area contributed by atoms with Crippen LogP contribution in [0.2, 0.25) is 0 Å². The lowest BCUT2D eigenvalue weighted by Gasteiger charge is -2.07. The van der Waals surface area contributed by atoms with Crippen molar-refractivity contribution < 1.29 is 4.39 Å². The van der Waals surface area contributed by atoms with Crippen LogP contribution in [0, 0.1) is 12.7 Å². The number of hydrogen-bond donors (Lipinski definition) is 0. The van der Waals surface area contributed by atoms with Gasteiger partial charge in [-0.3, -0.25) is 4.98 Å². The van der Waals surface area contributed by atoms with Crippen molar-refractivity contribution in [3.63, 3.8) is 0 Å². The summed E-state index contributed by atoms with van der Waals surface area (Å²) < 4.78 is 12.6. The van der Waals surface area contributed by atoms with Crippen molar-refractivity contribution in [1.29, 1.82) is 0 Å². The Bertz CT molecular complexity index is 256. The van der Waals surface area contributed by atoms with E-state index in [4.69, 9.17) is 0 Å². The van der Waals surface area contributed by atoms with Gasteiger partial charge in [0.1, 0.15) is 5.82 Å². The molecule has 0 fully saturated rings. The standard InChI is InChI=1S/C9H12FN/c1-6(2)9-4-8(10)5-11-7(9)3/h4-6H,1-3H3. The predicted molar refractivity (Wildman–Crippen MR) is 43.0 cm³/mol. The maximum Gasteiger partial charge on any atom is 0.141 e. The quantitative estimate of drug-likeness (QED) is 0.604. The summed E-state index contributed by atoms with van der Waals surface area (Å²) in [5.41, 5.74) is 1.91. The van der Waals surface area contributed by atoms with Crippen molar-refractivity contribution >= 4 is 0 Å². The van der Waals surface area contributed by atoms with Gasteiger partial charge in [-0.15, -0.1) is 0 Å². The Labute approximate surface area is 66.3 Å². The molecule has 0 bridgehead atoms. The van der Waals surface area contributed by atoms with Crippen LogP contribution in [0.15, 0.2) is 12.3 Å². The number of pyridine rings is 1. The number of aryl methyl sites for hydroxylation is 1. The molecule has 11 heavy (non-hydrogen) atoms. The zero-order valence-corrected chi connectivity index (χ0v) is 7.06. The molecule has 0 atom stereocenters. The number of halogens is 1. The number of aromatic nitrogens is 1. The third-order valence-electron chi connectivity index (χ3n) is 1.71. The molecule has 0 aromatic carbocycles. The average Bonchev–Trinajstić information content (AvgIpc) is 1.94. The smallest absolute Gasteiger partial charge is 0.141 e. The summed E-state index contributed by atoms with van der Waals surface area (Å²) in [4.78, 5) is 3.92. The highest BCUT2D eigenvalue weighted by atomic mass is 19.1. The average molecular weight is 153 g/mol. The summed E-state index contributed by atoms with van der Waals surface area (Å²) in [5.74, 6) is 0.0949. The van der Waals surface area contributed by atoms with Crippen LogP contribution >= 0.6 is 0 Å². The zero-order chi connectivity index (χ0) is 8.43. The summed E-state index contributed by atoms with van der Waals surface area (Å²) in [6.45, 7) is 5.96. The first kappa shape index (κ1) is 8.18. The van der Waals surface area contributed by atoms with Crippen LogP contribution in [0.25, 0.3) is 0 Å². The van der Waals surface area contributed by atoms with Crippen LogP contribution in [0.5, 0.6) is 0 Å². The molecule has 1 heterocycles.